The van der Waals surface area contributed by atoms with E-state index in [1.54, 1.807) is 13.2 Å². The summed E-state index contributed by atoms with van der Waals surface area (Å²) in [6, 6.07) is 5.67. The first-order valence-electron chi connectivity index (χ1n) is 5.03. The molecule has 0 saturated carbocycles. The zero-order valence-electron chi connectivity index (χ0n) is 9.62. The highest BCUT2D eigenvalue weighted by atomic mass is 35.5. The van der Waals surface area contributed by atoms with Crippen LogP contribution in [0, 0.1) is 11.3 Å². The molecule has 0 atom stereocenters. The summed E-state index contributed by atoms with van der Waals surface area (Å²) in [6.45, 7) is 4.13. The van der Waals surface area contributed by atoms with Gasteiger partial charge >= 0.3 is 0 Å². The van der Waals surface area contributed by atoms with E-state index in [0.29, 0.717) is 10.9 Å². The van der Waals surface area contributed by atoms with Crippen LogP contribution in [-0.2, 0) is 0 Å². The number of rotatable bonds is 3. The molecule has 0 fully saturated rings. The monoisotopic (exact) mass is 235 g/mol. The lowest BCUT2D eigenvalue weighted by Crippen LogP contribution is -1.96. The van der Waals surface area contributed by atoms with E-state index in [1.165, 1.54) is 6.08 Å². The Bertz CT molecular complexity index is 444. The Balaban J connectivity index is 3.27. The lowest BCUT2D eigenvalue weighted by Gasteiger charge is -2.14. The van der Waals surface area contributed by atoms with Gasteiger partial charge in [-0.15, -0.1) is 0 Å². The minimum Gasteiger partial charge on any atom is -0.496 e. The molecule has 84 valence electrons. The fourth-order valence-corrected chi connectivity index (χ4v) is 2.01. The minimum atomic E-state index is 0.302. The van der Waals surface area contributed by atoms with Crippen molar-refractivity contribution >= 4 is 17.7 Å². The molecule has 0 aliphatic heterocycles. The van der Waals surface area contributed by atoms with Crippen LogP contribution < -0.4 is 4.74 Å². The number of nitriles is 1. The number of allylic oxidation sites excluding steroid dienone is 1. The molecule has 2 nitrogen and oxygen atoms in total. The van der Waals surface area contributed by atoms with Gasteiger partial charge in [-0.1, -0.05) is 25.4 Å². The summed E-state index contributed by atoms with van der Waals surface area (Å²) in [5.74, 6) is 1.07. The van der Waals surface area contributed by atoms with Gasteiger partial charge in [-0.2, -0.15) is 5.26 Å². The SMILES string of the molecule is COc1cc(/C=C/C#N)cc(Cl)c1C(C)C. The van der Waals surface area contributed by atoms with Crippen LogP contribution in [0.1, 0.15) is 30.9 Å². The van der Waals surface area contributed by atoms with E-state index in [-0.39, 0.29) is 0 Å². The molecule has 0 amide bonds. The summed E-state index contributed by atoms with van der Waals surface area (Å²) < 4.78 is 5.31. The van der Waals surface area contributed by atoms with Gasteiger partial charge in [-0.3, -0.25) is 0 Å². The summed E-state index contributed by atoms with van der Waals surface area (Å²) in [7, 11) is 1.62. The molecule has 0 saturated heterocycles. The molecule has 16 heavy (non-hydrogen) atoms. The highest BCUT2D eigenvalue weighted by Crippen LogP contribution is 2.34. The van der Waals surface area contributed by atoms with Gasteiger partial charge in [-0.05, 0) is 29.7 Å². The van der Waals surface area contributed by atoms with Crippen molar-refractivity contribution in [3.8, 4) is 11.8 Å². The van der Waals surface area contributed by atoms with Crippen LogP contribution in [0.25, 0.3) is 6.08 Å². The first kappa shape index (κ1) is 12.6. The van der Waals surface area contributed by atoms with Crippen LogP contribution in [0.3, 0.4) is 0 Å². The molecule has 0 aromatic heterocycles. The van der Waals surface area contributed by atoms with E-state index in [2.05, 4.69) is 13.8 Å². The smallest absolute Gasteiger partial charge is 0.124 e. The van der Waals surface area contributed by atoms with Crippen LogP contribution in [0.4, 0.5) is 0 Å². The molecule has 0 bridgehead atoms. The maximum absolute atomic E-state index is 8.47. The van der Waals surface area contributed by atoms with Crippen molar-refractivity contribution in [1.82, 2.24) is 0 Å². The van der Waals surface area contributed by atoms with E-state index >= 15 is 0 Å². The summed E-state index contributed by atoms with van der Waals surface area (Å²) in [5.41, 5.74) is 1.87. The van der Waals surface area contributed by atoms with Crippen molar-refractivity contribution in [1.29, 1.82) is 5.26 Å². The van der Waals surface area contributed by atoms with Gasteiger partial charge < -0.3 is 4.74 Å². The van der Waals surface area contributed by atoms with Crippen LogP contribution in [0.5, 0.6) is 5.75 Å². The standard InChI is InChI=1S/C13H14ClNO/c1-9(2)13-11(14)7-10(5-4-6-15)8-12(13)16-3/h4-5,7-9H,1-3H3/b5-4+. The zero-order valence-corrected chi connectivity index (χ0v) is 10.4. The highest BCUT2D eigenvalue weighted by Gasteiger charge is 2.12. The number of methoxy groups -OCH3 is 1. The molecule has 1 rings (SSSR count). The quantitative estimate of drug-likeness (QED) is 0.742. The van der Waals surface area contributed by atoms with E-state index in [0.717, 1.165) is 16.9 Å². The van der Waals surface area contributed by atoms with Crippen molar-refractivity contribution in [3.05, 3.63) is 34.4 Å². The summed E-state index contributed by atoms with van der Waals surface area (Å²) in [4.78, 5) is 0. The summed E-state index contributed by atoms with van der Waals surface area (Å²) in [5, 5.41) is 9.14. The molecule has 0 N–H and O–H groups in total. The Kier molecular flexibility index (Phi) is 4.39. The average Bonchev–Trinajstić information content (AvgIpc) is 2.24. The first-order valence-corrected chi connectivity index (χ1v) is 5.41. The molecule has 0 radical (unpaired) electrons. The highest BCUT2D eigenvalue weighted by molar-refractivity contribution is 6.31. The number of halogens is 1. The molecule has 0 aliphatic carbocycles. The van der Waals surface area contributed by atoms with E-state index < -0.39 is 0 Å². The Hall–Kier alpha value is -1.46. The van der Waals surface area contributed by atoms with Crippen molar-refractivity contribution in [2.45, 2.75) is 19.8 Å². The maximum atomic E-state index is 8.47. The third-order valence-corrected chi connectivity index (χ3v) is 2.57. The fraction of sp³-hybridized carbons (Fsp3) is 0.308. The minimum absolute atomic E-state index is 0.302. The van der Waals surface area contributed by atoms with Crippen molar-refractivity contribution in [2.75, 3.05) is 7.11 Å². The van der Waals surface area contributed by atoms with Gasteiger partial charge in [0.1, 0.15) is 5.75 Å². The van der Waals surface area contributed by atoms with Gasteiger partial charge in [0.15, 0.2) is 0 Å². The van der Waals surface area contributed by atoms with Crippen LogP contribution in [0.15, 0.2) is 18.2 Å². The second kappa shape index (κ2) is 5.58. The summed E-state index contributed by atoms with van der Waals surface area (Å²) in [6.07, 6.45) is 3.12. The van der Waals surface area contributed by atoms with Crippen LogP contribution >= 0.6 is 11.6 Å². The third-order valence-electron chi connectivity index (χ3n) is 2.26. The molecule has 0 aliphatic rings. The Morgan fingerprint density at radius 3 is 2.62 bits per heavy atom. The summed E-state index contributed by atoms with van der Waals surface area (Å²) >= 11 is 6.19. The largest absolute Gasteiger partial charge is 0.496 e. The number of nitrogens with zero attached hydrogens (tertiary/aromatic N) is 1. The molecule has 1 aromatic carbocycles. The molecular weight excluding hydrogens is 222 g/mol. The van der Waals surface area contributed by atoms with Crippen molar-refractivity contribution < 1.29 is 4.74 Å². The third kappa shape index (κ3) is 2.77. The zero-order chi connectivity index (χ0) is 12.1. The molecule has 0 unspecified atom stereocenters. The molecule has 3 heteroatoms. The fourth-order valence-electron chi connectivity index (χ4n) is 1.57. The molecule has 0 heterocycles. The lowest BCUT2D eigenvalue weighted by molar-refractivity contribution is 0.407. The van der Waals surface area contributed by atoms with Gasteiger partial charge in [0.2, 0.25) is 0 Å². The van der Waals surface area contributed by atoms with Gasteiger partial charge in [0.05, 0.1) is 13.2 Å². The van der Waals surface area contributed by atoms with Crippen molar-refractivity contribution in [3.63, 3.8) is 0 Å². The molecule has 1 aromatic rings. The van der Waals surface area contributed by atoms with E-state index in [4.69, 9.17) is 21.6 Å². The second-order valence-corrected chi connectivity index (χ2v) is 4.14. The normalized spacial score (nSPS) is 10.8. The number of ether oxygens (including phenoxy) is 1. The Morgan fingerprint density at radius 2 is 2.12 bits per heavy atom. The van der Waals surface area contributed by atoms with Gasteiger partial charge in [0.25, 0.3) is 0 Å². The van der Waals surface area contributed by atoms with Crippen molar-refractivity contribution in [2.24, 2.45) is 0 Å². The van der Waals surface area contributed by atoms with E-state index in [1.807, 2.05) is 18.2 Å². The predicted molar refractivity (Wildman–Crippen MR) is 66.7 cm³/mol. The number of hydrogen-bond acceptors (Lipinski definition) is 2. The molecular formula is C13H14ClNO. The second-order valence-electron chi connectivity index (χ2n) is 3.74. The average molecular weight is 236 g/mol. The maximum Gasteiger partial charge on any atom is 0.124 e. The Morgan fingerprint density at radius 1 is 1.44 bits per heavy atom. The van der Waals surface area contributed by atoms with E-state index in [9.17, 15) is 0 Å². The predicted octanol–water partition coefficient (Wildman–Crippen LogP) is 4.01. The first-order chi connectivity index (χ1) is 7.60. The van der Waals surface area contributed by atoms with Crippen LogP contribution in [0.2, 0.25) is 5.02 Å². The van der Waals surface area contributed by atoms with Gasteiger partial charge in [0, 0.05) is 16.7 Å². The Labute approximate surface area is 101 Å². The molecule has 0 spiro atoms. The number of hydrogen-bond donors (Lipinski definition) is 0. The van der Waals surface area contributed by atoms with Gasteiger partial charge in [-0.25, -0.2) is 0 Å². The number of benzene rings is 1. The van der Waals surface area contributed by atoms with Crippen LogP contribution in [-0.4, -0.2) is 7.11 Å². The lowest BCUT2D eigenvalue weighted by atomic mass is 10.00. The topological polar surface area (TPSA) is 33.0 Å².